The molecule has 0 rings (SSSR count). The Morgan fingerprint density at radius 2 is 0.447 bits per heavy atom. The van der Waals surface area contributed by atoms with Gasteiger partial charge in [0.15, 0.2) is 49.9 Å². The minimum atomic E-state index is -2.38. The van der Waals surface area contributed by atoms with Gasteiger partial charge in [-0.2, -0.15) is 0 Å². The predicted octanol–water partition coefficient (Wildman–Crippen LogP) is 30.0. The molecular formula is C69H216O13Si12. The molecule has 0 aliphatic rings. The Kier molecular flexibility index (Phi) is 178. The van der Waals surface area contributed by atoms with Gasteiger partial charge in [0.2, 0.25) is 0 Å². The van der Waals surface area contributed by atoms with E-state index in [4.69, 9.17) is 56.0 Å². The molecule has 618 valence electrons. The van der Waals surface area contributed by atoms with Gasteiger partial charge in [0.25, 0.3) is 9.28 Å². The van der Waals surface area contributed by atoms with Crippen LogP contribution in [0.4, 0.5) is 0 Å². The Labute approximate surface area is 626 Å². The van der Waals surface area contributed by atoms with Crippen LogP contribution >= 0.6 is 0 Å². The van der Waals surface area contributed by atoms with E-state index in [1.54, 1.807) is 12.2 Å². The van der Waals surface area contributed by atoms with E-state index in [-0.39, 0.29) is 193 Å². The Balaban J connectivity index is -0.0000000262. The second-order valence-electron chi connectivity index (χ2n) is 24.8. The highest BCUT2D eigenvalue weighted by Crippen LogP contribution is 2.29. The highest BCUT2D eigenvalue weighted by Gasteiger charge is 2.46. The van der Waals surface area contributed by atoms with E-state index in [1.165, 1.54) is 0 Å². The smallest absolute Gasteiger partial charge is 0.315 e. The third-order valence-electron chi connectivity index (χ3n) is 7.65. The first-order valence-corrected chi connectivity index (χ1v) is 61.0. The maximum absolute atomic E-state index is 6.77. The highest BCUT2D eigenvalue weighted by atomic mass is 28.5. The molecule has 0 aliphatic heterocycles. The molecule has 13 nitrogen and oxygen atoms in total. The van der Waals surface area contributed by atoms with E-state index in [0.29, 0.717) is 52.9 Å². The van der Waals surface area contributed by atoms with E-state index in [2.05, 4.69) is 190 Å². The molecule has 25 heteroatoms. The topological polar surface area (TPSA) is 120 Å². The highest BCUT2D eigenvalue weighted by molar-refractivity contribution is 6.91. The van der Waals surface area contributed by atoms with E-state index in [9.17, 15) is 0 Å². The molecule has 0 saturated carbocycles. The second kappa shape index (κ2) is 87.0. The molecule has 0 heterocycles. The lowest BCUT2D eigenvalue weighted by Gasteiger charge is -2.41. The van der Waals surface area contributed by atoms with Crippen molar-refractivity contribution < 1.29 is 56.0 Å². The molecule has 0 aromatic carbocycles. The summed E-state index contributed by atoms with van der Waals surface area (Å²) in [5, 5.41) is 0. The quantitative estimate of drug-likeness (QED) is 0.0337. The molecule has 0 amide bonds. The summed E-state index contributed by atoms with van der Waals surface area (Å²) in [7, 11) is -22.7. The standard InChI is InChI=1S/C26H70O8Si8.C9H28O3Si4.C8H14O2.26CH4/c1-35(2,3)29-39(13,14)33-41(17,31-37(7,8)9)25-19-21-27-23-24-28-22-20-26-42(18,32-38(10,11)12)34-40(15,16)30-36(4,5)6;1-13(10-14(2,3)4)11-16(8,9)12-15(5,6)7;1-3-5-9-7-8-10-6-4-2;;;;;;;;;;;;;;;;;;;;;;;;;;/h19-26H2,1-18H3;13H,1-9H3;3-4H,1-2,5-8H2;26*1H4. The molecule has 0 aromatic rings. The molecule has 94 heavy (non-hydrogen) atoms. The van der Waals surface area contributed by atoms with Gasteiger partial charge in [-0.3, -0.25) is 0 Å². The van der Waals surface area contributed by atoms with Gasteiger partial charge in [-0.05, 0) is 202 Å². The maximum Gasteiger partial charge on any atom is 0.315 e. The van der Waals surface area contributed by atoms with E-state index < -0.39 is 102 Å². The summed E-state index contributed by atoms with van der Waals surface area (Å²) in [5.41, 5.74) is 0. The minimum Gasteiger partial charge on any atom is -0.439 e. The number of ether oxygens (including phenoxy) is 4. The zero-order valence-corrected chi connectivity index (χ0v) is 61.6. The van der Waals surface area contributed by atoms with Gasteiger partial charge < -0.3 is 56.0 Å². The number of rotatable bonds is 36. The first kappa shape index (κ1) is 193. The van der Waals surface area contributed by atoms with E-state index >= 15 is 0 Å². The second-order valence-corrected chi connectivity index (χ2v) is 72.8. The van der Waals surface area contributed by atoms with Crippen molar-refractivity contribution in [3.05, 3.63) is 25.3 Å². The normalized spacial score (nSPS) is 11.5. The molecule has 0 radical (unpaired) electrons. The summed E-state index contributed by atoms with van der Waals surface area (Å²) in [6.07, 6.45) is 5.26. The fraction of sp³-hybridized carbons (Fsp3) is 0.942. The van der Waals surface area contributed by atoms with E-state index in [1.807, 2.05) is 0 Å². The van der Waals surface area contributed by atoms with Crippen molar-refractivity contribution in [3.63, 3.8) is 0 Å². The van der Waals surface area contributed by atoms with Crippen LogP contribution in [0.5, 0.6) is 0 Å². The van der Waals surface area contributed by atoms with E-state index in [0.717, 1.165) is 24.9 Å². The Morgan fingerprint density at radius 3 is 0.638 bits per heavy atom. The van der Waals surface area contributed by atoms with Crippen LogP contribution in [-0.2, 0) is 56.0 Å². The fourth-order valence-electron chi connectivity index (χ4n) is 7.54. The molecule has 0 aliphatic carbocycles. The third kappa shape index (κ3) is 140. The minimum absolute atomic E-state index is 0. The zero-order valence-electron chi connectivity index (χ0n) is 49.4. The van der Waals surface area contributed by atoms with Crippen LogP contribution in [-0.4, -0.2) is 155 Å². The Hall–Kier alpha value is 1.56. The lowest BCUT2D eigenvalue weighted by Crippen LogP contribution is -2.56. The van der Waals surface area contributed by atoms with Crippen molar-refractivity contribution in [2.75, 3.05) is 52.9 Å². The molecule has 0 N–H and O–H groups in total. The van der Waals surface area contributed by atoms with Crippen molar-refractivity contribution in [1.29, 1.82) is 0 Å². The molecule has 0 bridgehead atoms. The largest absolute Gasteiger partial charge is 0.439 e. The monoisotopic (exact) mass is 1590 g/mol. The first-order chi connectivity index (χ1) is 30.2. The molecule has 0 fully saturated rings. The summed E-state index contributed by atoms with van der Waals surface area (Å²) in [6, 6.07) is 1.82. The Morgan fingerprint density at radius 1 is 0.245 bits per heavy atom. The number of hydrogen-bond acceptors (Lipinski definition) is 13. The van der Waals surface area contributed by atoms with Crippen LogP contribution < -0.4 is 0 Å². The lowest BCUT2D eigenvalue weighted by molar-refractivity contribution is 0.0474. The average Bonchev–Trinajstić information content (AvgIpc) is 3.00. The maximum atomic E-state index is 6.77. The van der Waals surface area contributed by atoms with Gasteiger partial charge in [-0.1, -0.05) is 205 Å². The molecule has 3 atom stereocenters. The van der Waals surface area contributed by atoms with Gasteiger partial charge >= 0.3 is 42.8 Å². The average molecular weight is 1590 g/mol. The van der Waals surface area contributed by atoms with Gasteiger partial charge in [0.1, 0.15) is 0 Å². The van der Waals surface area contributed by atoms with Crippen molar-refractivity contribution in [1.82, 2.24) is 0 Å². The fourth-order valence-corrected chi connectivity index (χ4v) is 57.7. The number of hydrogen-bond donors (Lipinski definition) is 0. The van der Waals surface area contributed by atoms with Crippen LogP contribution in [0.2, 0.25) is 189 Å². The summed E-state index contributed by atoms with van der Waals surface area (Å²) >= 11 is 0. The summed E-state index contributed by atoms with van der Waals surface area (Å²) < 4.78 is 80.1. The predicted molar refractivity (Wildman–Crippen MR) is 496 cm³/mol. The molecule has 0 aromatic heterocycles. The Bertz CT molecular complexity index is 1280. The van der Waals surface area contributed by atoms with Crippen molar-refractivity contribution in [3.8, 4) is 0 Å². The van der Waals surface area contributed by atoms with Crippen molar-refractivity contribution >= 4 is 102 Å². The lowest BCUT2D eigenvalue weighted by atomic mass is 10.5. The SMILES string of the molecule is C.C.C.C.C.C.C.C.C.C.C.C.C.C.C.C.C.C.C.C.C.C.C.C.C.C.C=CCOCCOCC=C.C[SiH](O[Si](C)(C)C)O[Si](C)(C)O[Si](C)(C)C.C[Si](C)(C)O[Si](C)(C)O[Si](C)(CCCOCCOCCC[Si](C)(O[Si](C)(C)C)O[Si](C)(C)O[Si](C)(C)C)O[Si](C)(C)C. The zero-order chi connectivity index (χ0) is 54.2. The first-order valence-electron chi connectivity index (χ1n) is 25.0. The van der Waals surface area contributed by atoms with Gasteiger partial charge in [-0.25, -0.2) is 0 Å². The molecule has 0 saturated heterocycles. The summed E-state index contributed by atoms with van der Waals surface area (Å²) in [5.74, 6) is 0. The van der Waals surface area contributed by atoms with Crippen LogP contribution in [0.3, 0.4) is 0 Å². The van der Waals surface area contributed by atoms with Crippen LogP contribution in [0.25, 0.3) is 0 Å². The van der Waals surface area contributed by atoms with Crippen LogP contribution in [0.1, 0.15) is 206 Å². The van der Waals surface area contributed by atoms with Crippen LogP contribution in [0.15, 0.2) is 25.3 Å². The van der Waals surface area contributed by atoms with Gasteiger partial charge in [-0.15, -0.1) is 13.2 Å². The third-order valence-corrected chi connectivity index (χ3v) is 46.9. The van der Waals surface area contributed by atoms with Crippen molar-refractivity contribution in [2.45, 2.75) is 395 Å². The summed E-state index contributed by atoms with van der Waals surface area (Å²) in [4.78, 5) is 0. The van der Waals surface area contributed by atoms with Gasteiger partial charge in [0.05, 0.1) is 39.6 Å². The molecule has 3 unspecified atom stereocenters. The van der Waals surface area contributed by atoms with Gasteiger partial charge in [0, 0.05) is 13.2 Å². The summed E-state index contributed by atoms with van der Waals surface area (Å²) in [6.45, 7) is 71.4. The molecular weight excluding hydrogens is 1370 g/mol. The molecule has 0 spiro atoms. The van der Waals surface area contributed by atoms with Crippen LogP contribution in [0, 0.1) is 0 Å². The van der Waals surface area contributed by atoms with Crippen molar-refractivity contribution in [2.24, 2.45) is 0 Å².